The molecule has 0 saturated heterocycles. The van der Waals surface area contributed by atoms with Crippen LogP contribution in [-0.4, -0.2) is 38.0 Å². The quantitative estimate of drug-likeness (QED) is 0.653. The fourth-order valence-electron chi connectivity index (χ4n) is 2.26. The lowest BCUT2D eigenvalue weighted by Gasteiger charge is -2.13. The summed E-state index contributed by atoms with van der Waals surface area (Å²) in [6.45, 7) is 5.64. The molecule has 0 aliphatic carbocycles. The van der Waals surface area contributed by atoms with E-state index in [1.807, 2.05) is 20.8 Å². The zero-order valence-electron chi connectivity index (χ0n) is 14.8. The highest BCUT2D eigenvalue weighted by Gasteiger charge is 2.21. The number of aromatic nitrogens is 5. The Balaban J connectivity index is 2.12. The number of aryl methyl sites for hydroxylation is 1. The van der Waals surface area contributed by atoms with Crippen LogP contribution < -0.4 is 5.43 Å². The number of nitrogens with zero attached hydrogens (tertiary/aromatic N) is 5. The lowest BCUT2D eigenvalue weighted by molar-refractivity contribution is 0.0598. The van der Waals surface area contributed by atoms with Crippen LogP contribution in [0.3, 0.4) is 0 Å². The fourth-order valence-corrected chi connectivity index (χ4v) is 2.26. The summed E-state index contributed by atoms with van der Waals surface area (Å²) in [4.78, 5) is 28.8. The van der Waals surface area contributed by atoms with Crippen molar-refractivity contribution in [3.63, 3.8) is 0 Å². The molecule has 0 aliphatic heterocycles. The first kappa shape index (κ1) is 17.5. The number of pyridine rings is 1. The number of carbonyl (C=O) groups excluding carboxylic acids is 1. The Morgan fingerprint density at radius 3 is 2.62 bits per heavy atom. The minimum absolute atomic E-state index is 0.00288. The molecule has 3 aromatic heterocycles. The molecule has 3 heterocycles. The largest absolute Gasteiger partial charge is 0.465 e. The second kappa shape index (κ2) is 6.87. The lowest BCUT2D eigenvalue weighted by atomic mass is 10.1. The molecule has 134 valence electrons. The molecule has 0 aliphatic rings. The summed E-state index contributed by atoms with van der Waals surface area (Å²) in [5.41, 5.74) is 0.634. The Kier molecular flexibility index (Phi) is 4.61. The number of ether oxygens (including phenoxy) is 1. The summed E-state index contributed by atoms with van der Waals surface area (Å²) in [6.07, 6.45) is 3.02. The number of rotatable bonds is 4. The molecule has 3 aromatic rings. The standard InChI is InChI=1S/C17H17N5O4/c1-9(2)22-7-11(14(23)12(8-22)17(24)25-4)16-18-15(21-26-16)13-6-5-10(3)19-20-13/h5-9H,1-4H3. The lowest BCUT2D eigenvalue weighted by Crippen LogP contribution is -2.21. The predicted molar refractivity (Wildman–Crippen MR) is 91.5 cm³/mol. The van der Waals surface area contributed by atoms with Crippen LogP contribution >= 0.6 is 0 Å². The van der Waals surface area contributed by atoms with Crippen molar-refractivity contribution in [3.8, 4) is 23.0 Å². The van der Waals surface area contributed by atoms with Crippen molar-refractivity contribution in [1.82, 2.24) is 24.9 Å². The van der Waals surface area contributed by atoms with Crippen LogP contribution in [0.15, 0.2) is 33.8 Å². The zero-order chi connectivity index (χ0) is 18.8. The highest BCUT2D eigenvalue weighted by atomic mass is 16.5. The maximum Gasteiger partial charge on any atom is 0.343 e. The smallest absolute Gasteiger partial charge is 0.343 e. The van der Waals surface area contributed by atoms with Crippen molar-refractivity contribution in [2.45, 2.75) is 26.8 Å². The Morgan fingerprint density at radius 1 is 1.23 bits per heavy atom. The summed E-state index contributed by atoms with van der Waals surface area (Å²) in [5.74, 6) is -0.533. The Hall–Kier alpha value is -3.36. The van der Waals surface area contributed by atoms with Crippen LogP contribution in [0.4, 0.5) is 0 Å². The molecule has 0 N–H and O–H groups in total. The number of hydrogen-bond donors (Lipinski definition) is 0. The van der Waals surface area contributed by atoms with Crippen LogP contribution in [0.5, 0.6) is 0 Å². The highest BCUT2D eigenvalue weighted by Crippen LogP contribution is 2.20. The SMILES string of the molecule is COC(=O)c1cn(C(C)C)cc(-c2nc(-c3ccc(C)nn3)no2)c1=O. The predicted octanol–water partition coefficient (Wildman–Crippen LogP) is 2.03. The van der Waals surface area contributed by atoms with Crippen molar-refractivity contribution in [2.24, 2.45) is 0 Å². The van der Waals surface area contributed by atoms with Gasteiger partial charge in [-0.05, 0) is 32.9 Å². The van der Waals surface area contributed by atoms with Crippen molar-refractivity contribution in [2.75, 3.05) is 7.11 Å². The molecule has 0 unspecified atom stereocenters. The Bertz CT molecular complexity index is 1000. The molecule has 0 fully saturated rings. The van der Waals surface area contributed by atoms with Gasteiger partial charge >= 0.3 is 5.97 Å². The van der Waals surface area contributed by atoms with E-state index in [-0.39, 0.29) is 28.9 Å². The molecule has 0 bridgehead atoms. The van der Waals surface area contributed by atoms with E-state index in [2.05, 4.69) is 20.3 Å². The third kappa shape index (κ3) is 3.23. The molecular weight excluding hydrogens is 338 g/mol. The maximum absolute atomic E-state index is 12.7. The summed E-state index contributed by atoms with van der Waals surface area (Å²) in [7, 11) is 1.22. The van der Waals surface area contributed by atoms with E-state index in [4.69, 9.17) is 9.26 Å². The summed E-state index contributed by atoms with van der Waals surface area (Å²) < 4.78 is 11.6. The van der Waals surface area contributed by atoms with Gasteiger partial charge in [0.15, 0.2) is 0 Å². The Morgan fingerprint density at radius 2 is 2.00 bits per heavy atom. The van der Waals surface area contributed by atoms with Crippen molar-refractivity contribution < 1.29 is 14.1 Å². The van der Waals surface area contributed by atoms with Crippen LogP contribution in [0.25, 0.3) is 23.0 Å². The van der Waals surface area contributed by atoms with E-state index in [0.717, 1.165) is 5.69 Å². The summed E-state index contributed by atoms with van der Waals surface area (Å²) in [5, 5.41) is 11.8. The van der Waals surface area contributed by atoms with E-state index < -0.39 is 11.4 Å². The van der Waals surface area contributed by atoms with Gasteiger partial charge in [-0.25, -0.2) is 4.79 Å². The zero-order valence-corrected chi connectivity index (χ0v) is 14.8. The van der Waals surface area contributed by atoms with E-state index in [1.54, 1.807) is 22.9 Å². The molecule has 0 radical (unpaired) electrons. The van der Waals surface area contributed by atoms with E-state index in [0.29, 0.717) is 5.69 Å². The topological polar surface area (TPSA) is 113 Å². The van der Waals surface area contributed by atoms with Crippen LogP contribution in [-0.2, 0) is 4.74 Å². The third-order valence-corrected chi connectivity index (χ3v) is 3.73. The van der Waals surface area contributed by atoms with Gasteiger partial charge in [0.2, 0.25) is 11.3 Å². The van der Waals surface area contributed by atoms with Crippen molar-refractivity contribution >= 4 is 5.97 Å². The van der Waals surface area contributed by atoms with Gasteiger partial charge in [-0.1, -0.05) is 5.16 Å². The van der Waals surface area contributed by atoms with Crippen molar-refractivity contribution in [3.05, 3.63) is 46.0 Å². The van der Waals surface area contributed by atoms with Gasteiger partial charge in [-0.2, -0.15) is 10.1 Å². The first-order chi connectivity index (χ1) is 12.4. The first-order valence-electron chi connectivity index (χ1n) is 7.89. The second-order valence-electron chi connectivity index (χ2n) is 5.93. The van der Waals surface area contributed by atoms with Crippen LogP contribution in [0.2, 0.25) is 0 Å². The van der Waals surface area contributed by atoms with Gasteiger partial charge in [0.1, 0.15) is 16.8 Å². The van der Waals surface area contributed by atoms with E-state index in [1.165, 1.54) is 13.3 Å². The molecule has 3 rings (SSSR count). The molecule has 26 heavy (non-hydrogen) atoms. The van der Waals surface area contributed by atoms with E-state index >= 15 is 0 Å². The van der Waals surface area contributed by atoms with Crippen LogP contribution in [0, 0.1) is 6.92 Å². The molecule has 0 amide bonds. The second-order valence-corrected chi connectivity index (χ2v) is 5.93. The molecular formula is C17H17N5O4. The highest BCUT2D eigenvalue weighted by molar-refractivity contribution is 5.90. The third-order valence-electron chi connectivity index (χ3n) is 3.73. The van der Waals surface area contributed by atoms with Gasteiger partial charge in [-0.15, -0.1) is 5.10 Å². The molecule has 9 heteroatoms. The Labute approximate surface area is 148 Å². The minimum Gasteiger partial charge on any atom is -0.465 e. The number of hydrogen-bond acceptors (Lipinski definition) is 8. The molecule has 0 atom stereocenters. The van der Waals surface area contributed by atoms with Gasteiger partial charge in [0, 0.05) is 18.4 Å². The van der Waals surface area contributed by atoms with Gasteiger partial charge in [0.05, 0.1) is 12.8 Å². The summed E-state index contributed by atoms with van der Waals surface area (Å²) >= 11 is 0. The van der Waals surface area contributed by atoms with Gasteiger partial charge in [-0.3, -0.25) is 4.79 Å². The molecule has 9 nitrogen and oxygen atoms in total. The van der Waals surface area contributed by atoms with Crippen molar-refractivity contribution in [1.29, 1.82) is 0 Å². The molecule has 0 spiro atoms. The van der Waals surface area contributed by atoms with Gasteiger partial charge in [0.25, 0.3) is 5.89 Å². The normalized spacial score (nSPS) is 11.0. The summed E-state index contributed by atoms with van der Waals surface area (Å²) in [6, 6.07) is 3.47. The van der Waals surface area contributed by atoms with Crippen LogP contribution in [0.1, 0.15) is 35.9 Å². The molecule has 0 saturated carbocycles. The first-order valence-corrected chi connectivity index (χ1v) is 7.89. The fraction of sp³-hybridized carbons (Fsp3) is 0.294. The molecule has 0 aromatic carbocycles. The van der Waals surface area contributed by atoms with Gasteiger partial charge < -0.3 is 13.8 Å². The average molecular weight is 355 g/mol. The number of esters is 1. The average Bonchev–Trinajstić information content (AvgIpc) is 3.11. The minimum atomic E-state index is -0.726. The number of carbonyl (C=O) groups is 1. The monoisotopic (exact) mass is 355 g/mol. The maximum atomic E-state index is 12.7. The number of methoxy groups -OCH3 is 1. The van der Waals surface area contributed by atoms with E-state index in [9.17, 15) is 9.59 Å².